The van der Waals surface area contributed by atoms with Crippen LogP contribution in [0.4, 0.5) is 0 Å². The average Bonchev–Trinajstić information content (AvgIpc) is 3.58. The molecular weight excluding hydrogens is 627 g/mol. The number of esters is 2. The summed E-state index contributed by atoms with van der Waals surface area (Å²) in [5.74, 6) is -1.64. The Kier molecular flexibility index (Phi) is 7.04. The normalized spacial score (nSPS) is 17.4. The number of benzene rings is 2. The van der Waals surface area contributed by atoms with Crippen LogP contribution in [0.15, 0.2) is 72.8 Å². The van der Waals surface area contributed by atoms with Crippen LogP contribution in [0.5, 0.6) is 0 Å². The largest absolute Gasteiger partial charge is 0.461 e. The molecule has 4 heterocycles. The second-order valence-electron chi connectivity index (χ2n) is 10.4. The second kappa shape index (κ2) is 10.8. The molecule has 6 aromatic rings. The number of nitrogens with zero attached hydrogens (tertiary/aromatic N) is 4. The van der Waals surface area contributed by atoms with Crippen molar-refractivity contribution in [3.8, 4) is 11.4 Å². The maximum Gasteiger partial charge on any atom is 0.348 e. The zero-order chi connectivity index (χ0) is 29.9. The Morgan fingerprint density at radius 3 is 1.53 bits per heavy atom. The van der Waals surface area contributed by atoms with E-state index in [0.717, 1.165) is 43.2 Å². The number of ether oxygens (including phenoxy) is 2. The van der Waals surface area contributed by atoms with Gasteiger partial charge >= 0.3 is 11.9 Å². The third-order valence-electron chi connectivity index (χ3n) is 7.65. The molecule has 2 atom stereocenters. The van der Waals surface area contributed by atoms with E-state index in [9.17, 15) is 9.59 Å². The van der Waals surface area contributed by atoms with E-state index in [0.29, 0.717) is 9.75 Å². The van der Waals surface area contributed by atoms with Gasteiger partial charge in [0.05, 0.1) is 36.0 Å². The summed E-state index contributed by atoms with van der Waals surface area (Å²) in [6.07, 6.45) is 0. The van der Waals surface area contributed by atoms with E-state index in [1.165, 1.54) is 22.7 Å². The van der Waals surface area contributed by atoms with E-state index in [1.807, 2.05) is 83.9 Å². The number of aryl methyl sites for hydroxylation is 2. The quantitative estimate of drug-likeness (QED) is 0.125. The Balaban J connectivity index is 0.989. The summed E-state index contributed by atoms with van der Waals surface area (Å²) >= 11 is 15.7. The van der Waals surface area contributed by atoms with Gasteiger partial charge in [-0.05, 0) is 50.2 Å². The van der Waals surface area contributed by atoms with Crippen LogP contribution in [0, 0.1) is 25.7 Å². The van der Waals surface area contributed by atoms with E-state index in [4.69, 9.17) is 32.7 Å². The fraction of sp³-hybridized carbons (Fsp3) is 0.226. The van der Waals surface area contributed by atoms with Crippen LogP contribution >= 0.6 is 45.9 Å². The molecular formula is C31H24Cl2N4O4S2. The topological polar surface area (TPSA) is 88.2 Å². The molecule has 0 saturated heterocycles. The monoisotopic (exact) mass is 650 g/mol. The lowest BCUT2D eigenvalue weighted by Gasteiger charge is -2.04. The summed E-state index contributed by atoms with van der Waals surface area (Å²) in [4.78, 5) is 28.6. The SMILES string of the molecule is Cc1nn(-c2ccccc2)c2sc(C(=O)OC[C@@H]3[C@H](COC(=O)c4cc5c(C)nn(-c6ccccc6)c5s4)C3(Cl)Cl)cc12. The Hall–Kier alpha value is -3.70. The van der Waals surface area contributed by atoms with Crippen molar-refractivity contribution in [3.63, 3.8) is 0 Å². The van der Waals surface area contributed by atoms with Crippen molar-refractivity contribution in [1.82, 2.24) is 19.6 Å². The summed E-state index contributed by atoms with van der Waals surface area (Å²) in [7, 11) is 0. The third-order valence-corrected chi connectivity index (χ3v) is 10.9. The molecule has 1 saturated carbocycles. The van der Waals surface area contributed by atoms with Gasteiger partial charge in [-0.1, -0.05) is 36.4 Å². The number of carbonyl (C=O) groups excluding carboxylic acids is 2. The second-order valence-corrected chi connectivity index (χ2v) is 13.9. The first-order valence-corrected chi connectivity index (χ1v) is 15.9. The van der Waals surface area contributed by atoms with Gasteiger partial charge in [-0.15, -0.1) is 45.9 Å². The van der Waals surface area contributed by atoms with Crippen LogP contribution < -0.4 is 0 Å². The Labute approximate surface area is 264 Å². The number of para-hydroxylation sites is 2. The molecule has 0 amide bonds. The number of rotatable bonds is 8. The van der Waals surface area contributed by atoms with Crippen molar-refractivity contribution >= 4 is 78.2 Å². The van der Waals surface area contributed by atoms with Gasteiger partial charge in [0.25, 0.3) is 0 Å². The molecule has 218 valence electrons. The van der Waals surface area contributed by atoms with Crippen molar-refractivity contribution < 1.29 is 19.1 Å². The molecule has 1 aliphatic rings. The summed E-state index contributed by atoms with van der Waals surface area (Å²) in [5.41, 5.74) is 3.47. The molecule has 0 aliphatic heterocycles. The fourth-order valence-corrected chi connectivity index (χ4v) is 8.06. The standard InChI is InChI=1S/C31H24Cl2N4O4S2/c1-17-21-13-25(42-27(21)36(34-17)19-9-5-3-6-10-19)29(38)40-15-23-24(31(23,32)33)16-41-30(39)26-14-22-18(2)35-37(28(22)43-26)20-11-7-4-8-12-20/h3-14,23-24H,15-16H2,1-2H3/t23-,24+. The van der Waals surface area contributed by atoms with Crippen LogP contribution in [0.2, 0.25) is 0 Å². The van der Waals surface area contributed by atoms with E-state index in [1.54, 1.807) is 12.1 Å². The lowest BCUT2D eigenvalue weighted by Crippen LogP contribution is -2.10. The number of fused-ring (bicyclic) bond motifs is 2. The van der Waals surface area contributed by atoms with Gasteiger partial charge in [-0.2, -0.15) is 10.2 Å². The maximum atomic E-state index is 13.0. The molecule has 43 heavy (non-hydrogen) atoms. The van der Waals surface area contributed by atoms with Crippen molar-refractivity contribution in [2.75, 3.05) is 13.2 Å². The van der Waals surface area contributed by atoms with E-state index < -0.39 is 16.3 Å². The molecule has 12 heteroatoms. The van der Waals surface area contributed by atoms with Gasteiger partial charge < -0.3 is 9.47 Å². The van der Waals surface area contributed by atoms with Crippen molar-refractivity contribution in [3.05, 3.63) is 93.9 Å². The van der Waals surface area contributed by atoms with Crippen LogP contribution in [-0.2, 0) is 9.47 Å². The Bertz CT molecular complexity index is 1850. The lowest BCUT2D eigenvalue weighted by molar-refractivity contribution is 0.0425. The molecule has 0 bridgehead atoms. The minimum atomic E-state index is -1.16. The number of aromatic nitrogens is 4. The highest BCUT2D eigenvalue weighted by Crippen LogP contribution is 2.59. The molecule has 2 aromatic carbocycles. The van der Waals surface area contributed by atoms with Gasteiger partial charge in [0, 0.05) is 22.6 Å². The third kappa shape index (κ3) is 5.02. The van der Waals surface area contributed by atoms with Crippen LogP contribution in [0.25, 0.3) is 31.8 Å². The molecule has 1 aliphatic carbocycles. The zero-order valence-electron chi connectivity index (χ0n) is 23.0. The number of hydrogen-bond acceptors (Lipinski definition) is 8. The van der Waals surface area contributed by atoms with E-state index in [-0.39, 0.29) is 25.0 Å². The minimum Gasteiger partial charge on any atom is -0.461 e. The maximum absolute atomic E-state index is 13.0. The first-order valence-electron chi connectivity index (χ1n) is 13.5. The highest BCUT2D eigenvalue weighted by atomic mass is 35.5. The predicted molar refractivity (Wildman–Crippen MR) is 169 cm³/mol. The first kappa shape index (κ1) is 28.1. The smallest absolute Gasteiger partial charge is 0.348 e. The highest BCUT2D eigenvalue weighted by molar-refractivity contribution is 7.20. The summed E-state index contributed by atoms with van der Waals surface area (Å²) in [6, 6.07) is 23.1. The Morgan fingerprint density at radius 1 is 0.744 bits per heavy atom. The molecule has 0 spiro atoms. The van der Waals surface area contributed by atoms with Gasteiger partial charge in [-0.3, -0.25) is 0 Å². The zero-order valence-corrected chi connectivity index (χ0v) is 26.1. The highest BCUT2D eigenvalue weighted by Gasteiger charge is 2.64. The lowest BCUT2D eigenvalue weighted by atomic mass is 10.3. The van der Waals surface area contributed by atoms with Crippen molar-refractivity contribution in [2.45, 2.75) is 18.2 Å². The molecule has 4 aromatic heterocycles. The molecule has 7 rings (SSSR count). The van der Waals surface area contributed by atoms with E-state index in [2.05, 4.69) is 10.2 Å². The van der Waals surface area contributed by atoms with Crippen LogP contribution in [0.3, 0.4) is 0 Å². The summed E-state index contributed by atoms with van der Waals surface area (Å²) < 4.78 is 13.7. The van der Waals surface area contributed by atoms with Crippen molar-refractivity contribution in [2.24, 2.45) is 11.8 Å². The predicted octanol–water partition coefficient (Wildman–Crippen LogP) is 7.54. The number of alkyl halides is 2. The summed E-state index contributed by atoms with van der Waals surface area (Å²) in [6.45, 7) is 3.85. The van der Waals surface area contributed by atoms with Gasteiger partial charge in [0.1, 0.15) is 23.7 Å². The number of carbonyl (C=O) groups is 2. The molecule has 0 radical (unpaired) electrons. The van der Waals surface area contributed by atoms with E-state index >= 15 is 0 Å². The fourth-order valence-electron chi connectivity index (χ4n) is 5.17. The number of thiophene rings is 2. The van der Waals surface area contributed by atoms with Crippen LogP contribution in [0.1, 0.15) is 30.7 Å². The minimum absolute atomic E-state index is 0.0150. The summed E-state index contributed by atoms with van der Waals surface area (Å²) in [5, 5.41) is 11.0. The molecule has 8 nitrogen and oxygen atoms in total. The molecule has 0 N–H and O–H groups in total. The molecule has 0 unspecified atom stereocenters. The van der Waals surface area contributed by atoms with Gasteiger partial charge in [0.15, 0.2) is 0 Å². The van der Waals surface area contributed by atoms with Gasteiger partial charge in [-0.25, -0.2) is 19.0 Å². The Morgan fingerprint density at radius 2 is 1.14 bits per heavy atom. The number of halogens is 2. The molecule has 1 fully saturated rings. The van der Waals surface area contributed by atoms with Crippen molar-refractivity contribution in [1.29, 1.82) is 0 Å². The average molecular weight is 652 g/mol. The number of hydrogen-bond donors (Lipinski definition) is 0. The van der Waals surface area contributed by atoms with Crippen LogP contribution in [-0.4, -0.2) is 49.0 Å². The van der Waals surface area contributed by atoms with Gasteiger partial charge in [0.2, 0.25) is 0 Å². The first-order chi connectivity index (χ1) is 20.7.